The number of furan rings is 2. The van der Waals surface area contributed by atoms with Crippen molar-refractivity contribution in [2.24, 2.45) is 0 Å². The molecule has 1 amide bonds. The molecule has 0 atom stereocenters. The van der Waals surface area contributed by atoms with Crippen LogP contribution in [0.4, 0.5) is 0 Å². The molecule has 0 bridgehead atoms. The van der Waals surface area contributed by atoms with Gasteiger partial charge in [0.1, 0.15) is 12.0 Å². The monoisotopic (exact) mass is 263 g/mol. The number of hydrogen-bond acceptors (Lipinski definition) is 4. The number of carboxylic acid groups (broad SMARTS) is 1. The lowest BCUT2D eigenvalue weighted by Crippen LogP contribution is -2.32. The second-order valence-electron chi connectivity index (χ2n) is 3.96. The Morgan fingerprint density at radius 1 is 1.26 bits per heavy atom. The van der Waals surface area contributed by atoms with E-state index in [0.717, 1.165) is 0 Å². The molecule has 0 fully saturated rings. The van der Waals surface area contributed by atoms with E-state index in [1.807, 2.05) is 0 Å². The van der Waals surface area contributed by atoms with Crippen LogP contribution in [0, 0.1) is 0 Å². The van der Waals surface area contributed by atoms with Gasteiger partial charge in [-0.3, -0.25) is 9.59 Å². The fourth-order valence-electron chi connectivity index (χ4n) is 1.64. The normalized spacial score (nSPS) is 10.3. The summed E-state index contributed by atoms with van der Waals surface area (Å²) in [5.74, 6) is -0.641. The van der Waals surface area contributed by atoms with Gasteiger partial charge in [0.15, 0.2) is 0 Å². The molecule has 6 nitrogen and oxygen atoms in total. The van der Waals surface area contributed by atoms with E-state index in [2.05, 4.69) is 0 Å². The zero-order valence-corrected chi connectivity index (χ0v) is 10.1. The Balaban J connectivity index is 2.09. The minimum absolute atomic E-state index is 0.111. The maximum absolute atomic E-state index is 12.2. The van der Waals surface area contributed by atoms with Crippen molar-refractivity contribution in [2.75, 3.05) is 6.54 Å². The van der Waals surface area contributed by atoms with Crippen molar-refractivity contribution in [1.82, 2.24) is 4.90 Å². The zero-order chi connectivity index (χ0) is 13.7. The van der Waals surface area contributed by atoms with Crippen LogP contribution in [0.3, 0.4) is 0 Å². The van der Waals surface area contributed by atoms with E-state index in [4.69, 9.17) is 13.9 Å². The molecule has 0 spiro atoms. The molecule has 1 N–H and O–H groups in total. The summed E-state index contributed by atoms with van der Waals surface area (Å²) in [6, 6.07) is 4.99. The number of nitrogens with zero attached hydrogens (tertiary/aromatic N) is 1. The molecule has 0 saturated carbocycles. The van der Waals surface area contributed by atoms with E-state index < -0.39 is 5.97 Å². The minimum atomic E-state index is -0.954. The summed E-state index contributed by atoms with van der Waals surface area (Å²) in [6.07, 6.45) is 4.12. The van der Waals surface area contributed by atoms with Gasteiger partial charge in [0, 0.05) is 6.54 Å². The van der Waals surface area contributed by atoms with Crippen LogP contribution < -0.4 is 0 Å². The van der Waals surface area contributed by atoms with Crippen LogP contribution in [-0.2, 0) is 11.3 Å². The van der Waals surface area contributed by atoms with E-state index in [1.54, 1.807) is 12.1 Å². The maximum atomic E-state index is 12.2. The fraction of sp³-hybridized carbons (Fsp3) is 0.231. The van der Waals surface area contributed by atoms with Gasteiger partial charge < -0.3 is 18.8 Å². The summed E-state index contributed by atoms with van der Waals surface area (Å²) in [6.45, 7) is 0.338. The molecular weight excluding hydrogens is 250 g/mol. The summed E-state index contributed by atoms with van der Waals surface area (Å²) in [4.78, 5) is 24.2. The Bertz CT molecular complexity index is 529. The first-order valence-corrected chi connectivity index (χ1v) is 5.72. The molecule has 2 heterocycles. The van der Waals surface area contributed by atoms with Gasteiger partial charge in [-0.05, 0) is 18.2 Å². The highest BCUT2D eigenvalue weighted by molar-refractivity contribution is 5.93. The van der Waals surface area contributed by atoms with Gasteiger partial charge in [0.05, 0.1) is 31.1 Å². The molecule has 2 rings (SSSR count). The molecule has 0 aliphatic carbocycles. The third-order valence-electron chi connectivity index (χ3n) is 2.58. The molecule has 19 heavy (non-hydrogen) atoms. The lowest BCUT2D eigenvalue weighted by atomic mass is 10.2. The number of aliphatic carboxylic acids is 1. The molecule has 0 aromatic carbocycles. The van der Waals surface area contributed by atoms with Crippen molar-refractivity contribution < 1.29 is 23.5 Å². The number of hydrogen-bond donors (Lipinski definition) is 1. The SMILES string of the molecule is O=C(O)CCN(Cc1ccco1)C(=O)c1ccoc1. The van der Waals surface area contributed by atoms with E-state index in [0.29, 0.717) is 11.3 Å². The number of carbonyl (C=O) groups excluding carboxylic acids is 1. The lowest BCUT2D eigenvalue weighted by molar-refractivity contribution is -0.137. The van der Waals surface area contributed by atoms with E-state index >= 15 is 0 Å². The van der Waals surface area contributed by atoms with Crippen molar-refractivity contribution in [1.29, 1.82) is 0 Å². The molecular formula is C13H13NO5. The summed E-state index contributed by atoms with van der Waals surface area (Å²) in [5.41, 5.74) is 0.386. The Kier molecular flexibility index (Phi) is 4.02. The van der Waals surface area contributed by atoms with Crippen molar-refractivity contribution in [3.63, 3.8) is 0 Å². The van der Waals surface area contributed by atoms with Crippen LogP contribution in [0.25, 0.3) is 0 Å². The van der Waals surface area contributed by atoms with Crippen LogP contribution in [0.5, 0.6) is 0 Å². The van der Waals surface area contributed by atoms with Crippen LogP contribution in [-0.4, -0.2) is 28.4 Å². The predicted octanol–water partition coefficient (Wildman–Crippen LogP) is 1.99. The van der Waals surface area contributed by atoms with Crippen molar-refractivity contribution in [3.8, 4) is 0 Å². The molecule has 0 aliphatic heterocycles. The summed E-state index contributed by atoms with van der Waals surface area (Å²) < 4.78 is 10.0. The van der Waals surface area contributed by atoms with E-state index in [-0.39, 0.29) is 25.4 Å². The van der Waals surface area contributed by atoms with Crippen LogP contribution in [0.2, 0.25) is 0 Å². The van der Waals surface area contributed by atoms with Crippen molar-refractivity contribution >= 4 is 11.9 Å². The fourth-order valence-corrected chi connectivity index (χ4v) is 1.64. The number of carboxylic acids is 1. The van der Waals surface area contributed by atoms with Crippen molar-refractivity contribution in [2.45, 2.75) is 13.0 Å². The van der Waals surface area contributed by atoms with Gasteiger partial charge in [-0.1, -0.05) is 0 Å². The quantitative estimate of drug-likeness (QED) is 0.861. The highest BCUT2D eigenvalue weighted by atomic mass is 16.4. The Morgan fingerprint density at radius 3 is 2.68 bits per heavy atom. The first kappa shape index (κ1) is 12.9. The molecule has 0 unspecified atom stereocenters. The van der Waals surface area contributed by atoms with Crippen LogP contribution >= 0.6 is 0 Å². The standard InChI is InChI=1S/C13H13NO5/c15-12(16)3-5-14(8-11-2-1-6-19-11)13(17)10-4-7-18-9-10/h1-2,4,6-7,9H,3,5,8H2,(H,15,16). The third kappa shape index (κ3) is 3.48. The molecule has 6 heteroatoms. The van der Waals surface area contributed by atoms with E-state index in [1.165, 1.54) is 29.8 Å². The Hall–Kier alpha value is -2.50. The Morgan fingerprint density at radius 2 is 2.11 bits per heavy atom. The number of amides is 1. The number of rotatable bonds is 6. The van der Waals surface area contributed by atoms with E-state index in [9.17, 15) is 9.59 Å². The lowest BCUT2D eigenvalue weighted by Gasteiger charge is -2.20. The molecule has 2 aromatic rings. The van der Waals surface area contributed by atoms with Crippen LogP contribution in [0.15, 0.2) is 45.8 Å². The zero-order valence-electron chi connectivity index (χ0n) is 10.1. The summed E-state index contributed by atoms with van der Waals surface area (Å²) in [7, 11) is 0. The molecule has 0 radical (unpaired) electrons. The third-order valence-corrected chi connectivity index (χ3v) is 2.58. The first-order valence-electron chi connectivity index (χ1n) is 5.72. The minimum Gasteiger partial charge on any atom is -0.481 e. The largest absolute Gasteiger partial charge is 0.481 e. The smallest absolute Gasteiger partial charge is 0.305 e. The summed E-state index contributed by atoms with van der Waals surface area (Å²) in [5, 5.41) is 8.72. The van der Waals surface area contributed by atoms with Crippen LogP contribution in [0.1, 0.15) is 22.5 Å². The van der Waals surface area contributed by atoms with Gasteiger partial charge in [-0.2, -0.15) is 0 Å². The summed E-state index contributed by atoms with van der Waals surface area (Å²) >= 11 is 0. The molecule has 0 saturated heterocycles. The number of carbonyl (C=O) groups is 2. The van der Waals surface area contributed by atoms with Gasteiger partial charge in [-0.15, -0.1) is 0 Å². The van der Waals surface area contributed by atoms with Gasteiger partial charge in [0.2, 0.25) is 0 Å². The van der Waals surface area contributed by atoms with Gasteiger partial charge in [-0.25, -0.2) is 0 Å². The highest BCUT2D eigenvalue weighted by Crippen LogP contribution is 2.11. The average Bonchev–Trinajstić information content (AvgIpc) is 3.06. The molecule has 100 valence electrons. The average molecular weight is 263 g/mol. The topological polar surface area (TPSA) is 83.9 Å². The molecule has 0 aliphatic rings. The van der Waals surface area contributed by atoms with Gasteiger partial charge >= 0.3 is 5.97 Å². The molecule has 2 aromatic heterocycles. The van der Waals surface area contributed by atoms with Crippen molar-refractivity contribution in [3.05, 3.63) is 48.3 Å². The maximum Gasteiger partial charge on any atom is 0.305 e. The van der Waals surface area contributed by atoms with Gasteiger partial charge in [0.25, 0.3) is 5.91 Å². The first-order chi connectivity index (χ1) is 9.16. The second kappa shape index (κ2) is 5.90. The predicted molar refractivity (Wildman–Crippen MR) is 64.4 cm³/mol. The Labute approximate surface area is 109 Å². The highest BCUT2D eigenvalue weighted by Gasteiger charge is 2.19. The second-order valence-corrected chi connectivity index (χ2v) is 3.96.